The van der Waals surface area contributed by atoms with Crippen LogP contribution in [0.2, 0.25) is 0 Å². The van der Waals surface area contributed by atoms with Gasteiger partial charge in [0.15, 0.2) is 0 Å². The fraction of sp³-hybridized carbons (Fsp3) is 0.588. The van der Waals surface area contributed by atoms with Crippen molar-refractivity contribution in [2.24, 2.45) is 5.92 Å². The van der Waals surface area contributed by atoms with Crippen LogP contribution in [0.25, 0.3) is 0 Å². The molecule has 0 aliphatic carbocycles. The fourth-order valence-corrected chi connectivity index (χ4v) is 3.42. The molecule has 23 heavy (non-hydrogen) atoms. The summed E-state index contributed by atoms with van der Waals surface area (Å²) < 4.78 is 5.20. The van der Waals surface area contributed by atoms with Crippen LogP contribution in [0.3, 0.4) is 0 Å². The maximum atomic E-state index is 12.8. The lowest BCUT2D eigenvalue weighted by Crippen LogP contribution is -2.42. The molecule has 1 aliphatic heterocycles. The molecule has 2 aromatic heterocycles. The average Bonchev–Trinajstić information content (AvgIpc) is 3.20. The second kappa shape index (κ2) is 6.56. The van der Waals surface area contributed by atoms with E-state index < -0.39 is 0 Å². The summed E-state index contributed by atoms with van der Waals surface area (Å²) in [5.41, 5.74) is 3.07. The Morgan fingerprint density at radius 1 is 1.52 bits per heavy atom. The number of piperidine rings is 1. The van der Waals surface area contributed by atoms with Gasteiger partial charge in [-0.2, -0.15) is 5.10 Å². The number of nitrogens with zero attached hydrogens (tertiary/aromatic N) is 3. The molecule has 1 N–H and O–H groups in total. The first-order valence-electron chi connectivity index (χ1n) is 8.26. The van der Waals surface area contributed by atoms with Crippen molar-refractivity contribution in [3.63, 3.8) is 0 Å². The Morgan fingerprint density at radius 3 is 3.00 bits per heavy atom. The minimum atomic E-state index is -0.0627. The number of hydrogen-bond acceptors (Lipinski definition) is 4. The maximum absolute atomic E-state index is 12.8. The molecule has 6 nitrogen and oxygen atoms in total. The second-order valence-electron chi connectivity index (χ2n) is 6.54. The Kier molecular flexibility index (Phi) is 4.50. The molecule has 1 amide bonds. The number of hydrogen-bond donors (Lipinski definition) is 1. The quantitative estimate of drug-likeness (QED) is 0.941. The van der Waals surface area contributed by atoms with E-state index in [0.29, 0.717) is 12.3 Å². The molecule has 0 radical (unpaired) electrons. The highest BCUT2D eigenvalue weighted by atomic mass is 16.5. The predicted octanol–water partition coefficient (Wildman–Crippen LogP) is 2.60. The molecule has 1 fully saturated rings. The van der Waals surface area contributed by atoms with Gasteiger partial charge in [0, 0.05) is 42.4 Å². The van der Waals surface area contributed by atoms with Crippen LogP contribution in [-0.2, 0) is 11.2 Å². The first kappa shape index (κ1) is 15.8. The van der Waals surface area contributed by atoms with Crippen LogP contribution < -0.4 is 0 Å². The number of aromatic amines is 1. The number of aromatic nitrogens is 3. The Hall–Kier alpha value is -2.11. The van der Waals surface area contributed by atoms with E-state index in [1.54, 1.807) is 6.20 Å². The van der Waals surface area contributed by atoms with E-state index in [2.05, 4.69) is 15.4 Å². The van der Waals surface area contributed by atoms with Crippen molar-refractivity contribution in [2.75, 3.05) is 13.1 Å². The van der Waals surface area contributed by atoms with Gasteiger partial charge in [-0.15, -0.1) is 0 Å². The summed E-state index contributed by atoms with van der Waals surface area (Å²) in [6, 6.07) is 2.01. The largest absolute Gasteiger partial charge is 0.361 e. The van der Waals surface area contributed by atoms with E-state index >= 15 is 0 Å². The van der Waals surface area contributed by atoms with Crippen molar-refractivity contribution < 1.29 is 9.32 Å². The number of H-pyrrole nitrogens is 1. The number of rotatable bonds is 4. The van der Waals surface area contributed by atoms with E-state index in [4.69, 9.17) is 4.52 Å². The number of nitrogens with one attached hydrogen (secondary N) is 1. The molecule has 124 valence electrons. The van der Waals surface area contributed by atoms with Crippen molar-refractivity contribution in [1.82, 2.24) is 20.3 Å². The minimum absolute atomic E-state index is 0.0627. The standard InChI is InChI=1S/C17H24N4O2/c1-11(9-15-12(2)20-23-13(15)3)17(22)21-8-4-5-14(10-21)16-6-7-18-19-16/h6-7,11,14H,4-5,8-10H2,1-3H3,(H,18,19)/t11-,14+/m0/s1. The molecule has 0 bridgehead atoms. The summed E-state index contributed by atoms with van der Waals surface area (Å²) >= 11 is 0. The highest BCUT2D eigenvalue weighted by Gasteiger charge is 2.29. The maximum Gasteiger partial charge on any atom is 0.225 e. The Labute approximate surface area is 136 Å². The normalized spacial score (nSPS) is 19.8. The Morgan fingerprint density at radius 2 is 2.35 bits per heavy atom. The van der Waals surface area contributed by atoms with E-state index in [1.165, 1.54) is 0 Å². The zero-order chi connectivity index (χ0) is 16.4. The van der Waals surface area contributed by atoms with Gasteiger partial charge >= 0.3 is 0 Å². The van der Waals surface area contributed by atoms with Gasteiger partial charge in [0.2, 0.25) is 5.91 Å². The Bertz CT molecular complexity index is 643. The molecular weight excluding hydrogens is 292 g/mol. The van der Waals surface area contributed by atoms with Gasteiger partial charge in [-0.1, -0.05) is 12.1 Å². The van der Waals surface area contributed by atoms with Gasteiger partial charge in [-0.3, -0.25) is 9.89 Å². The fourth-order valence-electron chi connectivity index (χ4n) is 3.42. The van der Waals surface area contributed by atoms with Gasteiger partial charge in [0.25, 0.3) is 0 Å². The number of amides is 1. The Balaban J connectivity index is 1.65. The van der Waals surface area contributed by atoms with E-state index in [-0.39, 0.29) is 11.8 Å². The number of carbonyl (C=O) groups excluding carboxylic acids is 1. The van der Waals surface area contributed by atoms with Crippen LogP contribution in [-0.4, -0.2) is 39.3 Å². The molecule has 3 heterocycles. The van der Waals surface area contributed by atoms with Crippen molar-refractivity contribution in [2.45, 2.75) is 46.0 Å². The first-order chi connectivity index (χ1) is 11.1. The number of carbonyl (C=O) groups is 1. The summed E-state index contributed by atoms with van der Waals surface area (Å²) in [5, 5.41) is 11.0. The predicted molar refractivity (Wildman–Crippen MR) is 86.0 cm³/mol. The highest BCUT2D eigenvalue weighted by Crippen LogP contribution is 2.27. The molecular formula is C17H24N4O2. The second-order valence-corrected chi connectivity index (χ2v) is 6.54. The smallest absolute Gasteiger partial charge is 0.225 e. The summed E-state index contributed by atoms with van der Waals surface area (Å²) in [7, 11) is 0. The van der Waals surface area contributed by atoms with E-state index in [0.717, 1.165) is 48.6 Å². The first-order valence-corrected chi connectivity index (χ1v) is 8.26. The molecule has 0 unspecified atom stereocenters. The minimum Gasteiger partial charge on any atom is -0.361 e. The molecule has 6 heteroatoms. The van der Waals surface area contributed by atoms with Crippen molar-refractivity contribution in [3.8, 4) is 0 Å². The molecule has 2 aromatic rings. The molecule has 0 aromatic carbocycles. The van der Waals surface area contributed by atoms with Gasteiger partial charge in [-0.05, 0) is 39.2 Å². The lowest BCUT2D eigenvalue weighted by molar-refractivity contribution is -0.136. The highest BCUT2D eigenvalue weighted by molar-refractivity contribution is 5.79. The summed E-state index contributed by atoms with van der Waals surface area (Å²) in [6.07, 6.45) is 4.60. The van der Waals surface area contributed by atoms with Crippen molar-refractivity contribution >= 4 is 5.91 Å². The molecule has 2 atom stereocenters. The monoisotopic (exact) mass is 316 g/mol. The van der Waals surface area contributed by atoms with E-state index in [1.807, 2.05) is 31.7 Å². The number of aryl methyl sites for hydroxylation is 2. The van der Waals surface area contributed by atoms with Crippen LogP contribution >= 0.6 is 0 Å². The lowest BCUT2D eigenvalue weighted by Gasteiger charge is -2.34. The topological polar surface area (TPSA) is 75.0 Å². The SMILES string of the molecule is Cc1noc(C)c1C[C@H](C)C(=O)N1CCC[C@@H](c2ccn[nH]2)C1. The van der Waals surface area contributed by atoms with Crippen LogP contribution in [0.5, 0.6) is 0 Å². The van der Waals surface area contributed by atoms with Crippen molar-refractivity contribution in [3.05, 3.63) is 35.0 Å². The number of likely N-dealkylation sites (tertiary alicyclic amines) is 1. The average molecular weight is 316 g/mol. The third-order valence-electron chi connectivity index (χ3n) is 4.81. The van der Waals surface area contributed by atoms with Crippen LogP contribution in [0.4, 0.5) is 0 Å². The van der Waals surface area contributed by atoms with Gasteiger partial charge in [0.05, 0.1) is 5.69 Å². The summed E-state index contributed by atoms with van der Waals surface area (Å²) in [5.74, 6) is 1.33. The van der Waals surface area contributed by atoms with Gasteiger partial charge < -0.3 is 9.42 Å². The van der Waals surface area contributed by atoms with Crippen molar-refractivity contribution in [1.29, 1.82) is 0 Å². The molecule has 3 rings (SSSR count). The summed E-state index contributed by atoms with van der Waals surface area (Å²) in [6.45, 7) is 7.44. The summed E-state index contributed by atoms with van der Waals surface area (Å²) in [4.78, 5) is 14.8. The van der Waals surface area contributed by atoms with E-state index in [9.17, 15) is 4.79 Å². The molecule has 1 aliphatic rings. The van der Waals surface area contributed by atoms with Gasteiger partial charge in [0.1, 0.15) is 5.76 Å². The molecule has 0 spiro atoms. The molecule has 1 saturated heterocycles. The van der Waals surface area contributed by atoms with Crippen LogP contribution in [0.15, 0.2) is 16.8 Å². The van der Waals surface area contributed by atoms with Crippen LogP contribution in [0.1, 0.15) is 48.4 Å². The van der Waals surface area contributed by atoms with Gasteiger partial charge in [-0.25, -0.2) is 0 Å². The molecule has 0 saturated carbocycles. The lowest BCUT2D eigenvalue weighted by atomic mass is 9.92. The third-order valence-corrected chi connectivity index (χ3v) is 4.81. The third kappa shape index (κ3) is 3.30. The zero-order valence-electron chi connectivity index (χ0n) is 14.0. The zero-order valence-corrected chi connectivity index (χ0v) is 14.0. The van der Waals surface area contributed by atoms with Crippen LogP contribution in [0, 0.1) is 19.8 Å².